The van der Waals surface area contributed by atoms with Gasteiger partial charge in [-0.25, -0.2) is 0 Å². The molecule has 2 saturated carbocycles. The number of rotatable bonds is 4. The van der Waals surface area contributed by atoms with Crippen molar-refractivity contribution < 1.29 is 0 Å². The molecule has 0 radical (unpaired) electrons. The van der Waals surface area contributed by atoms with Crippen LogP contribution in [0.4, 0.5) is 0 Å². The smallest absolute Gasteiger partial charge is 0.0502 e. The van der Waals surface area contributed by atoms with Gasteiger partial charge in [0.1, 0.15) is 0 Å². The van der Waals surface area contributed by atoms with Gasteiger partial charge in [-0.2, -0.15) is 0 Å². The Morgan fingerprint density at radius 1 is 0.895 bits per heavy atom. The summed E-state index contributed by atoms with van der Waals surface area (Å²) in [5.74, 6) is 0. The van der Waals surface area contributed by atoms with E-state index < -0.39 is 0 Å². The van der Waals surface area contributed by atoms with E-state index in [1.165, 1.54) is 75.6 Å². The van der Waals surface area contributed by atoms with Gasteiger partial charge >= 0.3 is 0 Å². The minimum absolute atomic E-state index is 0.590. The van der Waals surface area contributed by atoms with E-state index in [1.807, 2.05) is 0 Å². The lowest BCUT2D eigenvalue weighted by molar-refractivity contribution is 0.397. The maximum absolute atomic E-state index is 4.87. The molecule has 2 nitrogen and oxygen atoms in total. The highest BCUT2D eigenvalue weighted by molar-refractivity contribution is 5.93. The Morgan fingerprint density at radius 2 is 1.47 bits per heavy atom. The van der Waals surface area contributed by atoms with Crippen molar-refractivity contribution in [3.63, 3.8) is 0 Å². The van der Waals surface area contributed by atoms with Gasteiger partial charge in [0.25, 0.3) is 0 Å². The summed E-state index contributed by atoms with van der Waals surface area (Å²) in [4.78, 5) is 4.87. The molecule has 0 spiro atoms. The molecule has 0 aliphatic heterocycles. The summed E-state index contributed by atoms with van der Waals surface area (Å²) >= 11 is 0. The summed E-state index contributed by atoms with van der Waals surface area (Å²) in [5.41, 5.74) is 2.50. The average molecular weight is 262 g/mol. The van der Waals surface area contributed by atoms with E-state index in [0.29, 0.717) is 12.1 Å². The second kappa shape index (κ2) is 7.72. The molecule has 0 atom stereocenters. The molecule has 19 heavy (non-hydrogen) atoms. The molecule has 2 heteroatoms. The highest BCUT2D eigenvalue weighted by Gasteiger charge is 2.13. The first kappa shape index (κ1) is 14.6. The van der Waals surface area contributed by atoms with Crippen LogP contribution in [0.3, 0.4) is 0 Å². The van der Waals surface area contributed by atoms with Crippen LogP contribution in [0, 0.1) is 0 Å². The highest BCUT2D eigenvalue weighted by atomic mass is 14.9. The molecule has 0 aromatic carbocycles. The fourth-order valence-corrected chi connectivity index (χ4v) is 3.46. The lowest BCUT2D eigenvalue weighted by Gasteiger charge is -2.24. The Hall–Kier alpha value is -0.790. The normalized spacial score (nSPS) is 24.5. The first-order valence-electron chi connectivity index (χ1n) is 8.23. The van der Waals surface area contributed by atoms with Crippen molar-refractivity contribution in [2.75, 3.05) is 0 Å². The molecule has 0 heterocycles. The van der Waals surface area contributed by atoms with E-state index in [2.05, 4.69) is 25.2 Å². The number of hydrogen-bond donors (Lipinski definition) is 1. The third-order valence-corrected chi connectivity index (χ3v) is 4.42. The van der Waals surface area contributed by atoms with E-state index in [4.69, 9.17) is 4.99 Å². The zero-order valence-corrected chi connectivity index (χ0v) is 12.8. The molecule has 0 aromatic rings. The van der Waals surface area contributed by atoms with Crippen molar-refractivity contribution in [1.29, 1.82) is 0 Å². The molecule has 1 N–H and O–H groups in total. The number of aliphatic imine (C=N–C) groups is 1. The first-order chi connectivity index (χ1) is 9.24. The topological polar surface area (TPSA) is 24.4 Å². The number of nitrogens with one attached hydrogen (secondary N) is 1. The SMILES string of the molecule is CC(/C=C(/C)NC1CCCCC1)=NC1CCCCC1. The zero-order chi connectivity index (χ0) is 13.5. The average Bonchev–Trinajstić information content (AvgIpc) is 2.40. The first-order valence-corrected chi connectivity index (χ1v) is 8.23. The lowest BCUT2D eigenvalue weighted by atomic mass is 9.95. The minimum atomic E-state index is 0.590. The highest BCUT2D eigenvalue weighted by Crippen LogP contribution is 2.21. The Bertz CT molecular complexity index is 318. The van der Waals surface area contributed by atoms with Crippen molar-refractivity contribution in [2.45, 2.75) is 90.1 Å². The molecular formula is C17H30N2. The van der Waals surface area contributed by atoms with Crippen LogP contribution in [0.1, 0.15) is 78.1 Å². The molecule has 2 rings (SSSR count). The summed E-state index contributed by atoms with van der Waals surface area (Å²) in [6.07, 6.45) is 15.8. The Kier molecular flexibility index (Phi) is 5.93. The van der Waals surface area contributed by atoms with Crippen LogP contribution < -0.4 is 5.32 Å². The van der Waals surface area contributed by atoms with Crippen molar-refractivity contribution in [3.8, 4) is 0 Å². The third kappa shape index (κ3) is 5.38. The van der Waals surface area contributed by atoms with E-state index in [0.717, 1.165) is 0 Å². The van der Waals surface area contributed by atoms with Gasteiger partial charge in [-0.05, 0) is 45.6 Å². The Labute approximate surface area is 118 Å². The van der Waals surface area contributed by atoms with Gasteiger partial charge < -0.3 is 5.32 Å². The molecule has 2 aliphatic rings. The summed E-state index contributed by atoms with van der Waals surface area (Å²) in [6.45, 7) is 4.34. The van der Waals surface area contributed by atoms with E-state index >= 15 is 0 Å². The fourth-order valence-electron chi connectivity index (χ4n) is 3.46. The quantitative estimate of drug-likeness (QED) is 0.735. The van der Waals surface area contributed by atoms with Crippen LogP contribution >= 0.6 is 0 Å². The van der Waals surface area contributed by atoms with Crippen LogP contribution in [0.15, 0.2) is 16.8 Å². The van der Waals surface area contributed by atoms with Crippen LogP contribution in [0.2, 0.25) is 0 Å². The van der Waals surface area contributed by atoms with Crippen molar-refractivity contribution in [3.05, 3.63) is 11.8 Å². The van der Waals surface area contributed by atoms with Gasteiger partial charge in [-0.15, -0.1) is 0 Å². The van der Waals surface area contributed by atoms with Crippen molar-refractivity contribution in [2.24, 2.45) is 4.99 Å². The molecule has 0 unspecified atom stereocenters. The lowest BCUT2D eigenvalue weighted by Crippen LogP contribution is -2.29. The van der Waals surface area contributed by atoms with Crippen molar-refractivity contribution in [1.82, 2.24) is 5.32 Å². The largest absolute Gasteiger partial charge is 0.386 e. The molecule has 2 aliphatic carbocycles. The van der Waals surface area contributed by atoms with Crippen LogP contribution in [0.25, 0.3) is 0 Å². The number of nitrogens with zero attached hydrogens (tertiary/aromatic N) is 1. The molecule has 0 amide bonds. The van der Waals surface area contributed by atoms with Crippen LogP contribution in [-0.4, -0.2) is 17.8 Å². The number of hydrogen-bond acceptors (Lipinski definition) is 2. The van der Waals surface area contributed by atoms with Gasteiger partial charge in [0.05, 0.1) is 6.04 Å². The standard InChI is InChI=1S/C17H30N2/c1-14(18-16-9-5-3-6-10-16)13-15(2)19-17-11-7-4-8-12-17/h13,16-18H,3-12H2,1-2H3/b14-13-,19-15?. The summed E-state index contributed by atoms with van der Waals surface area (Å²) in [7, 11) is 0. The van der Waals surface area contributed by atoms with E-state index in [1.54, 1.807) is 0 Å². The summed E-state index contributed by atoms with van der Waals surface area (Å²) < 4.78 is 0. The van der Waals surface area contributed by atoms with Gasteiger partial charge in [-0.3, -0.25) is 4.99 Å². The predicted octanol–water partition coefficient (Wildman–Crippen LogP) is 4.61. The van der Waals surface area contributed by atoms with E-state index in [-0.39, 0.29) is 0 Å². The molecular weight excluding hydrogens is 232 g/mol. The van der Waals surface area contributed by atoms with Gasteiger partial charge in [0, 0.05) is 17.5 Å². The Morgan fingerprint density at radius 3 is 2.11 bits per heavy atom. The van der Waals surface area contributed by atoms with Crippen LogP contribution in [0.5, 0.6) is 0 Å². The van der Waals surface area contributed by atoms with E-state index in [9.17, 15) is 0 Å². The zero-order valence-electron chi connectivity index (χ0n) is 12.8. The fraction of sp³-hybridized carbons (Fsp3) is 0.824. The number of allylic oxidation sites excluding steroid dienone is 2. The van der Waals surface area contributed by atoms with Gasteiger partial charge in [-0.1, -0.05) is 38.5 Å². The molecule has 0 saturated heterocycles. The molecule has 108 valence electrons. The van der Waals surface area contributed by atoms with Gasteiger partial charge in [0.15, 0.2) is 0 Å². The summed E-state index contributed by atoms with van der Waals surface area (Å²) in [5, 5.41) is 3.67. The summed E-state index contributed by atoms with van der Waals surface area (Å²) in [6, 6.07) is 1.29. The molecule has 2 fully saturated rings. The Balaban J connectivity index is 1.82. The molecule has 0 aromatic heterocycles. The maximum atomic E-state index is 4.87. The van der Waals surface area contributed by atoms with Crippen LogP contribution in [-0.2, 0) is 0 Å². The maximum Gasteiger partial charge on any atom is 0.0502 e. The predicted molar refractivity (Wildman–Crippen MR) is 83.7 cm³/mol. The second-order valence-corrected chi connectivity index (χ2v) is 6.37. The van der Waals surface area contributed by atoms with Crippen molar-refractivity contribution >= 4 is 5.71 Å². The monoisotopic (exact) mass is 262 g/mol. The molecule has 0 bridgehead atoms. The minimum Gasteiger partial charge on any atom is -0.386 e. The van der Waals surface area contributed by atoms with Gasteiger partial charge in [0.2, 0.25) is 0 Å². The second-order valence-electron chi connectivity index (χ2n) is 6.37. The third-order valence-electron chi connectivity index (χ3n) is 4.42.